The Kier molecular flexibility index (Phi) is 5.91. The van der Waals surface area contributed by atoms with Crippen molar-refractivity contribution in [1.29, 1.82) is 15.9 Å². The highest BCUT2D eigenvalue weighted by molar-refractivity contribution is 6.01. The van der Waals surface area contributed by atoms with Gasteiger partial charge in [0.05, 0.1) is 24.8 Å². The molecule has 0 saturated heterocycles. The Bertz CT molecular complexity index is 1200. The van der Waals surface area contributed by atoms with Crippen LogP contribution in [0.2, 0.25) is 0 Å². The van der Waals surface area contributed by atoms with Crippen molar-refractivity contribution < 1.29 is 19.0 Å². The van der Waals surface area contributed by atoms with Gasteiger partial charge >= 0.3 is 0 Å². The van der Waals surface area contributed by atoms with Crippen molar-refractivity contribution in [3.05, 3.63) is 70.5 Å². The van der Waals surface area contributed by atoms with Crippen LogP contribution in [0.5, 0.6) is 11.5 Å². The van der Waals surface area contributed by atoms with Crippen molar-refractivity contribution in [2.45, 2.75) is 31.8 Å². The van der Waals surface area contributed by atoms with E-state index in [4.69, 9.17) is 19.6 Å². The zero-order valence-electron chi connectivity index (χ0n) is 17.6. The SMILES string of the molecule is COc1cc(C2C3=C(CCCC3=O)OC(=N)C2C#N)ccc1OCc1ccccc1C#N. The van der Waals surface area contributed by atoms with Gasteiger partial charge in [0.15, 0.2) is 17.3 Å². The molecule has 1 heterocycles. The maximum atomic E-state index is 12.7. The van der Waals surface area contributed by atoms with Crippen molar-refractivity contribution in [2.24, 2.45) is 5.92 Å². The van der Waals surface area contributed by atoms with Crippen molar-refractivity contribution >= 4 is 11.7 Å². The second-order valence-electron chi connectivity index (χ2n) is 7.63. The van der Waals surface area contributed by atoms with Crippen LogP contribution in [0.15, 0.2) is 53.8 Å². The first-order valence-electron chi connectivity index (χ1n) is 10.3. The Morgan fingerprint density at radius 2 is 1.97 bits per heavy atom. The highest BCUT2D eigenvalue weighted by atomic mass is 16.5. The number of hydrogen-bond donors (Lipinski definition) is 1. The summed E-state index contributed by atoms with van der Waals surface area (Å²) >= 11 is 0. The second-order valence-corrected chi connectivity index (χ2v) is 7.63. The normalized spacial score (nSPS) is 20.0. The van der Waals surface area contributed by atoms with Gasteiger partial charge in [0.25, 0.3) is 0 Å². The maximum Gasteiger partial charge on any atom is 0.205 e. The Morgan fingerprint density at radius 1 is 1.16 bits per heavy atom. The van der Waals surface area contributed by atoms with Gasteiger partial charge < -0.3 is 14.2 Å². The molecule has 1 aliphatic carbocycles. The van der Waals surface area contributed by atoms with Gasteiger partial charge in [-0.2, -0.15) is 10.5 Å². The monoisotopic (exact) mass is 427 g/mol. The van der Waals surface area contributed by atoms with Crippen LogP contribution in [0.4, 0.5) is 0 Å². The fraction of sp³-hybridized carbons (Fsp3) is 0.280. The summed E-state index contributed by atoms with van der Waals surface area (Å²) in [6.07, 6.45) is 1.66. The minimum atomic E-state index is -0.894. The minimum Gasteiger partial charge on any atom is -0.493 e. The summed E-state index contributed by atoms with van der Waals surface area (Å²) < 4.78 is 17.0. The average molecular weight is 427 g/mol. The van der Waals surface area contributed by atoms with E-state index in [1.807, 2.05) is 12.1 Å². The number of Topliss-reactive ketones (excluding diaryl/α,β-unsaturated/α-hetero) is 1. The highest BCUT2D eigenvalue weighted by Gasteiger charge is 2.42. The van der Waals surface area contributed by atoms with Gasteiger partial charge in [-0.3, -0.25) is 10.2 Å². The molecule has 2 aromatic rings. The summed E-state index contributed by atoms with van der Waals surface area (Å²) in [7, 11) is 1.51. The number of carbonyl (C=O) groups excluding carboxylic acids is 1. The molecule has 4 rings (SSSR count). The molecule has 0 radical (unpaired) electrons. The molecule has 2 aliphatic rings. The lowest BCUT2D eigenvalue weighted by Crippen LogP contribution is -2.34. The Morgan fingerprint density at radius 3 is 2.72 bits per heavy atom. The predicted octanol–water partition coefficient (Wildman–Crippen LogP) is 4.38. The molecule has 1 aliphatic heterocycles. The predicted molar refractivity (Wildman–Crippen MR) is 115 cm³/mol. The Hall–Kier alpha value is -4.10. The number of rotatable bonds is 5. The van der Waals surface area contributed by atoms with Gasteiger partial charge in [-0.05, 0) is 30.2 Å². The van der Waals surface area contributed by atoms with Crippen LogP contribution in [0.3, 0.4) is 0 Å². The number of methoxy groups -OCH3 is 1. The van der Waals surface area contributed by atoms with E-state index in [1.54, 1.807) is 30.3 Å². The molecule has 0 aromatic heterocycles. The lowest BCUT2D eigenvalue weighted by molar-refractivity contribution is -0.116. The summed E-state index contributed by atoms with van der Waals surface area (Å²) in [5, 5.41) is 27.2. The number of ketones is 1. The van der Waals surface area contributed by atoms with E-state index in [0.717, 1.165) is 5.56 Å². The lowest BCUT2D eigenvalue weighted by atomic mass is 9.74. The van der Waals surface area contributed by atoms with Crippen molar-refractivity contribution in [3.8, 4) is 23.6 Å². The van der Waals surface area contributed by atoms with E-state index in [2.05, 4.69) is 12.1 Å². The van der Waals surface area contributed by atoms with E-state index in [0.29, 0.717) is 53.2 Å². The molecule has 0 amide bonds. The van der Waals surface area contributed by atoms with Crippen molar-refractivity contribution in [1.82, 2.24) is 0 Å². The van der Waals surface area contributed by atoms with E-state index >= 15 is 0 Å². The zero-order chi connectivity index (χ0) is 22.7. The van der Waals surface area contributed by atoms with Crippen molar-refractivity contribution in [3.63, 3.8) is 0 Å². The quantitative estimate of drug-likeness (QED) is 0.757. The molecule has 0 fully saturated rings. The molecule has 1 N–H and O–H groups in total. The van der Waals surface area contributed by atoms with E-state index < -0.39 is 11.8 Å². The third kappa shape index (κ3) is 3.81. The molecular weight excluding hydrogens is 406 g/mol. The number of hydrogen-bond acceptors (Lipinski definition) is 7. The smallest absolute Gasteiger partial charge is 0.205 e. The molecule has 0 saturated carbocycles. The minimum absolute atomic E-state index is 0.0450. The second kappa shape index (κ2) is 8.95. The Labute approximate surface area is 186 Å². The summed E-state index contributed by atoms with van der Waals surface area (Å²) in [5.41, 5.74) is 2.47. The molecule has 2 aromatic carbocycles. The number of nitrogens with zero attached hydrogens (tertiary/aromatic N) is 2. The number of allylic oxidation sites excluding steroid dienone is 2. The number of benzene rings is 2. The van der Waals surface area contributed by atoms with Crippen LogP contribution in [0, 0.1) is 34.0 Å². The van der Waals surface area contributed by atoms with Crippen LogP contribution >= 0.6 is 0 Å². The highest BCUT2D eigenvalue weighted by Crippen LogP contribution is 2.45. The van der Waals surface area contributed by atoms with Gasteiger partial charge in [-0.15, -0.1) is 0 Å². The van der Waals surface area contributed by atoms with Gasteiger partial charge in [0, 0.05) is 29.9 Å². The molecule has 2 atom stereocenters. The lowest BCUT2D eigenvalue weighted by Gasteiger charge is -2.34. The average Bonchev–Trinajstić information content (AvgIpc) is 2.82. The topological polar surface area (TPSA) is 116 Å². The molecular formula is C25H21N3O4. The van der Waals surface area contributed by atoms with Crippen LogP contribution in [0.25, 0.3) is 0 Å². The standard InChI is InChI=1S/C25H21N3O4/c1-30-22-11-15(9-10-20(22)31-14-17-6-3-2-5-16(17)12-26)23-18(13-27)25(28)32-21-8-4-7-19(29)24(21)23/h2-3,5-6,9-11,18,23,28H,4,7-8,14H2,1H3. The number of nitrogens with one attached hydrogen (secondary N) is 1. The van der Waals surface area contributed by atoms with Gasteiger partial charge in [0.1, 0.15) is 18.3 Å². The van der Waals surface area contributed by atoms with E-state index in [1.165, 1.54) is 7.11 Å². The van der Waals surface area contributed by atoms with Crippen molar-refractivity contribution in [2.75, 3.05) is 7.11 Å². The molecule has 160 valence electrons. The third-order valence-corrected chi connectivity index (χ3v) is 5.78. The molecule has 0 spiro atoms. The third-order valence-electron chi connectivity index (χ3n) is 5.78. The number of nitriles is 2. The fourth-order valence-electron chi connectivity index (χ4n) is 4.20. The fourth-order valence-corrected chi connectivity index (χ4v) is 4.20. The summed E-state index contributed by atoms with van der Waals surface area (Å²) in [6, 6.07) is 16.7. The first-order chi connectivity index (χ1) is 15.6. The van der Waals surface area contributed by atoms with Gasteiger partial charge in [0.2, 0.25) is 5.90 Å². The maximum absolute atomic E-state index is 12.7. The summed E-state index contributed by atoms with van der Waals surface area (Å²) in [6.45, 7) is 0.190. The van der Waals surface area contributed by atoms with Crippen LogP contribution in [-0.2, 0) is 16.1 Å². The summed E-state index contributed by atoms with van der Waals surface area (Å²) in [4.78, 5) is 12.7. The van der Waals surface area contributed by atoms with Gasteiger partial charge in [-0.25, -0.2) is 0 Å². The molecule has 7 nitrogen and oxygen atoms in total. The number of carbonyl (C=O) groups is 1. The van der Waals surface area contributed by atoms with E-state index in [-0.39, 0.29) is 18.3 Å². The first-order valence-corrected chi connectivity index (χ1v) is 10.3. The Balaban J connectivity index is 1.68. The molecule has 7 heteroatoms. The molecule has 32 heavy (non-hydrogen) atoms. The van der Waals surface area contributed by atoms with Crippen LogP contribution in [0.1, 0.15) is 41.9 Å². The zero-order valence-corrected chi connectivity index (χ0v) is 17.6. The van der Waals surface area contributed by atoms with Crippen LogP contribution in [-0.4, -0.2) is 18.8 Å². The van der Waals surface area contributed by atoms with E-state index in [9.17, 15) is 15.3 Å². The van der Waals surface area contributed by atoms with Gasteiger partial charge in [-0.1, -0.05) is 24.3 Å². The number of ether oxygens (including phenoxy) is 3. The largest absolute Gasteiger partial charge is 0.493 e. The van der Waals surface area contributed by atoms with Crippen LogP contribution < -0.4 is 9.47 Å². The first kappa shape index (κ1) is 21.1. The summed E-state index contributed by atoms with van der Waals surface area (Å²) in [5.74, 6) is -0.258. The molecule has 2 unspecified atom stereocenters. The molecule has 0 bridgehead atoms.